The van der Waals surface area contributed by atoms with Gasteiger partial charge in [0.15, 0.2) is 11.9 Å². The first kappa shape index (κ1) is 42.9. The van der Waals surface area contributed by atoms with Crippen LogP contribution in [0.2, 0.25) is 0 Å². The van der Waals surface area contributed by atoms with Crippen molar-refractivity contribution in [2.45, 2.75) is 160 Å². The average Bonchev–Trinajstić information content (AvgIpc) is 3.37. The number of nitrogens with two attached hydrogens (primary N) is 2. The number of hydrogen-bond acceptors (Lipinski definition) is 12. The molecular formula is C33H64N2O10P-. The summed E-state index contributed by atoms with van der Waals surface area (Å²) in [7, 11) is -4.75. The highest BCUT2D eigenvalue weighted by atomic mass is 31.2. The first-order valence-corrected chi connectivity index (χ1v) is 19.2. The fourth-order valence-corrected chi connectivity index (χ4v) is 5.92. The highest BCUT2D eigenvalue weighted by molar-refractivity contribution is 7.45. The van der Waals surface area contributed by atoms with Crippen molar-refractivity contribution < 1.29 is 47.0 Å². The molecule has 0 aromatic rings. The molecule has 272 valence electrons. The van der Waals surface area contributed by atoms with E-state index < -0.39 is 44.4 Å². The average molecular weight is 680 g/mol. The Balaban J connectivity index is 2.40. The molecule has 1 saturated heterocycles. The van der Waals surface area contributed by atoms with Gasteiger partial charge in [0, 0.05) is 12.8 Å². The number of carbonyl (C=O) groups excluding carboxylic acids is 2. The first-order chi connectivity index (χ1) is 22.1. The maximum atomic E-state index is 12.5. The zero-order chi connectivity index (χ0) is 33.9. The number of esters is 2. The summed E-state index contributed by atoms with van der Waals surface area (Å²) in [6.45, 7) is 4.03. The number of phosphoric ester groups is 1. The van der Waals surface area contributed by atoms with Gasteiger partial charge in [-0.1, -0.05) is 89.9 Å². The van der Waals surface area contributed by atoms with Gasteiger partial charge in [0.25, 0.3) is 7.82 Å². The summed E-state index contributed by atoms with van der Waals surface area (Å²) in [6.07, 6.45) is 18.0. The Morgan fingerprint density at radius 1 is 0.739 bits per heavy atom. The molecule has 0 aromatic carbocycles. The number of rotatable bonds is 31. The van der Waals surface area contributed by atoms with Gasteiger partial charge in [0.05, 0.1) is 19.8 Å². The topological polar surface area (TPSA) is 182 Å². The molecule has 4 N–H and O–H groups in total. The molecule has 0 spiro atoms. The second-order valence-electron chi connectivity index (χ2n) is 12.7. The van der Waals surface area contributed by atoms with Gasteiger partial charge in [-0.05, 0) is 52.6 Å². The summed E-state index contributed by atoms with van der Waals surface area (Å²) < 4.78 is 44.1. The molecule has 0 aromatic heterocycles. The molecule has 1 heterocycles. The van der Waals surface area contributed by atoms with Crippen LogP contribution < -0.4 is 16.4 Å². The molecule has 1 fully saturated rings. The quantitative estimate of drug-likeness (QED) is 0.0510. The van der Waals surface area contributed by atoms with E-state index in [1.807, 2.05) is 0 Å². The third-order valence-electron chi connectivity index (χ3n) is 7.80. The highest BCUT2D eigenvalue weighted by Crippen LogP contribution is 2.39. The Hall–Kier alpha value is -1.11. The van der Waals surface area contributed by atoms with Crippen molar-refractivity contribution in [2.75, 3.05) is 39.5 Å². The summed E-state index contributed by atoms with van der Waals surface area (Å²) >= 11 is 0. The zero-order valence-corrected chi connectivity index (χ0v) is 29.6. The van der Waals surface area contributed by atoms with Crippen molar-refractivity contribution in [1.82, 2.24) is 0 Å². The van der Waals surface area contributed by atoms with E-state index >= 15 is 0 Å². The fraction of sp³-hybridized carbons (Fsp3) is 0.939. The van der Waals surface area contributed by atoms with Gasteiger partial charge in [0.2, 0.25) is 0 Å². The summed E-state index contributed by atoms with van der Waals surface area (Å²) in [5, 5.41) is 0. The van der Waals surface area contributed by atoms with E-state index in [0.29, 0.717) is 12.8 Å². The van der Waals surface area contributed by atoms with Crippen LogP contribution in [0.15, 0.2) is 0 Å². The molecule has 1 aliphatic heterocycles. The molecule has 0 saturated carbocycles. The fourth-order valence-electron chi connectivity index (χ4n) is 5.15. The lowest BCUT2D eigenvalue weighted by Crippen LogP contribution is -2.31. The molecule has 0 bridgehead atoms. The molecule has 3 unspecified atom stereocenters. The Morgan fingerprint density at radius 3 is 1.65 bits per heavy atom. The minimum absolute atomic E-state index is 0.188. The van der Waals surface area contributed by atoms with Crippen LogP contribution in [-0.4, -0.2) is 69.5 Å². The van der Waals surface area contributed by atoms with E-state index in [1.165, 1.54) is 51.4 Å². The van der Waals surface area contributed by atoms with Crippen LogP contribution in [-0.2, 0) is 42.1 Å². The van der Waals surface area contributed by atoms with E-state index in [1.54, 1.807) is 13.8 Å². The third kappa shape index (κ3) is 25.0. The second-order valence-corrected chi connectivity index (χ2v) is 14.1. The van der Waals surface area contributed by atoms with Crippen molar-refractivity contribution in [2.24, 2.45) is 11.5 Å². The normalized spacial score (nSPS) is 17.9. The Labute approximate surface area is 277 Å². The lowest BCUT2D eigenvalue weighted by Gasteiger charge is -2.26. The lowest BCUT2D eigenvalue weighted by atomic mass is 10.1. The van der Waals surface area contributed by atoms with E-state index in [4.69, 9.17) is 39.5 Å². The molecule has 3 atom stereocenters. The van der Waals surface area contributed by atoms with Crippen LogP contribution in [0.1, 0.15) is 142 Å². The molecule has 1 rings (SSSR count). The summed E-state index contributed by atoms with van der Waals surface area (Å²) in [5.41, 5.74) is 11.0. The smallest absolute Gasteiger partial charge is 0.306 e. The number of hydrogen-bond donors (Lipinski definition) is 2. The van der Waals surface area contributed by atoms with Crippen molar-refractivity contribution in [3.8, 4) is 0 Å². The number of ether oxygens (including phenoxy) is 4. The van der Waals surface area contributed by atoms with Crippen LogP contribution in [0.3, 0.4) is 0 Å². The van der Waals surface area contributed by atoms with Gasteiger partial charge in [-0.2, -0.15) is 0 Å². The van der Waals surface area contributed by atoms with Crippen LogP contribution in [0.5, 0.6) is 0 Å². The largest absolute Gasteiger partial charge is 0.756 e. The predicted octanol–water partition coefficient (Wildman–Crippen LogP) is 5.81. The maximum absolute atomic E-state index is 12.5. The summed E-state index contributed by atoms with van der Waals surface area (Å²) in [4.78, 5) is 37.3. The molecule has 13 heteroatoms. The van der Waals surface area contributed by atoms with Gasteiger partial charge in [-0.25, -0.2) is 0 Å². The first-order valence-electron chi connectivity index (χ1n) is 17.7. The molecule has 1 aliphatic rings. The van der Waals surface area contributed by atoms with Gasteiger partial charge in [-0.3, -0.25) is 14.2 Å². The minimum Gasteiger partial charge on any atom is -0.756 e. The summed E-state index contributed by atoms with van der Waals surface area (Å²) in [5.74, 6) is -1.73. The van der Waals surface area contributed by atoms with Gasteiger partial charge < -0.3 is 44.4 Å². The Morgan fingerprint density at radius 2 is 1.20 bits per heavy atom. The molecule has 0 radical (unpaired) electrons. The standard InChI is InChI=1S/C33H65N2O10P/c1-33(2)41-26-30(45-33)28-43-46(38,39)42-27-29(44-32(37)22-18-14-10-6-4-8-12-16-20-24-35)25-40-31(36)21-17-13-9-5-3-7-11-15-19-23-34/h29-30H,3-28,34-35H2,1-2H3,(H,38,39)/p-1. The zero-order valence-electron chi connectivity index (χ0n) is 28.7. The highest BCUT2D eigenvalue weighted by Gasteiger charge is 2.33. The van der Waals surface area contributed by atoms with Crippen molar-refractivity contribution in [3.63, 3.8) is 0 Å². The van der Waals surface area contributed by atoms with Crippen LogP contribution in [0.4, 0.5) is 0 Å². The predicted molar refractivity (Wildman–Crippen MR) is 176 cm³/mol. The molecule has 0 aliphatic carbocycles. The number of carbonyl (C=O) groups is 2. The molecule has 12 nitrogen and oxygen atoms in total. The van der Waals surface area contributed by atoms with Gasteiger partial charge >= 0.3 is 11.9 Å². The van der Waals surface area contributed by atoms with Crippen LogP contribution in [0.25, 0.3) is 0 Å². The Bertz CT molecular complexity index is 832. The minimum atomic E-state index is -4.75. The molecule has 46 heavy (non-hydrogen) atoms. The Kier molecular flexibility index (Phi) is 25.0. The van der Waals surface area contributed by atoms with Crippen molar-refractivity contribution in [1.29, 1.82) is 0 Å². The van der Waals surface area contributed by atoms with Crippen molar-refractivity contribution in [3.05, 3.63) is 0 Å². The third-order valence-corrected chi connectivity index (χ3v) is 8.73. The van der Waals surface area contributed by atoms with E-state index in [9.17, 15) is 19.0 Å². The molecule has 0 amide bonds. The number of unbranched alkanes of at least 4 members (excludes halogenated alkanes) is 16. The lowest BCUT2D eigenvalue weighted by molar-refractivity contribution is -0.231. The van der Waals surface area contributed by atoms with Gasteiger partial charge in [-0.15, -0.1) is 0 Å². The van der Waals surface area contributed by atoms with E-state index in [0.717, 1.165) is 64.5 Å². The SMILES string of the molecule is CC1(C)OCC(COP(=O)([O-])OCC(COC(=O)CCCCCCCCCCCN)OC(=O)CCCCCCCCCCCN)O1. The second kappa shape index (κ2) is 26.8. The van der Waals surface area contributed by atoms with Crippen LogP contribution >= 0.6 is 7.82 Å². The summed E-state index contributed by atoms with van der Waals surface area (Å²) in [6, 6.07) is 0. The molecular weight excluding hydrogens is 615 g/mol. The monoisotopic (exact) mass is 679 g/mol. The number of phosphoric acid groups is 1. The van der Waals surface area contributed by atoms with E-state index in [2.05, 4.69) is 0 Å². The maximum Gasteiger partial charge on any atom is 0.306 e. The van der Waals surface area contributed by atoms with Gasteiger partial charge in [0.1, 0.15) is 12.7 Å². The van der Waals surface area contributed by atoms with E-state index in [-0.39, 0.29) is 32.7 Å². The van der Waals surface area contributed by atoms with Crippen molar-refractivity contribution >= 4 is 19.8 Å². The van der Waals surface area contributed by atoms with Crippen LogP contribution in [0, 0.1) is 0 Å².